The van der Waals surface area contributed by atoms with Crippen molar-refractivity contribution < 1.29 is 0 Å². The summed E-state index contributed by atoms with van der Waals surface area (Å²) in [6, 6.07) is 13.4. The van der Waals surface area contributed by atoms with Gasteiger partial charge in [0, 0.05) is 30.9 Å². The Hall–Kier alpha value is -1.54. The average Bonchev–Trinajstić information content (AvgIpc) is 2.95. The van der Waals surface area contributed by atoms with Crippen LogP contribution in [0.25, 0.3) is 0 Å². The third kappa shape index (κ3) is 3.38. The Bertz CT molecular complexity index is 570. The van der Waals surface area contributed by atoms with Crippen LogP contribution in [0.4, 0.5) is 0 Å². The van der Waals surface area contributed by atoms with E-state index in [2.05, 4.69) is 59.4 Å². The molecule has 1 aromatic heterocycles. The number of nitrogens with zero attached hydrogens (tertiary/aromatic N) is 1. The number of aromatic nitrogens is 1. The molecular weight excluding hydrogens is 256 g/mol. The number of rotatable bonds is 6. The normalized spacial score (nSPS) is 17.7. The van der Waals surface area contributed by atoms with Gasteiger partial charge in [-0.1, -0.05) is 31.2 Å². The molecule has 0 spiro atoms. The van der Waals surface area contributed by atoms with Crippen molar-refractivity contribution in [1.82, 2.24) is 9.88 Å². The molecule has 21 heavy (non-hydrogen) atoms. The molecular formula is C19H26N2. The second-order valence-corrected chi connectivity index (χ2v) is 6.12. The van der Waals surface area contributed by atoms with Crippen molar-refractivity contribution in [2.45, 2.75) is 51.6 Å². The summed E-state index contributed by atoms with van der Waals surface area (Å²) in [5.41, 5.74) is 4.54. The lowest BCUT2D eigenvalue weighted by Crippen LogP contribution is -2.20. The van der Waals surface area contributed by atoms with Crippen LogP contribution in [0.2, 0.25) is 0 Å². The summed E-state index contributed by atoms with van der Waals surface area (Å²) in [7, 11) is 0. The van der Waals surface area contributed by atoms with Crippen LogP contribution < -0.4 is 5.32 Å². The molecule has 2 nitrogen and oxygen atoms in total. The summed E-state index contributed by atoms with van der Waals surface area (Å²) in [5, 5.41) is 3.51. The number of hydrogen-bond donors (Lipinski definition) is 1. The zero-order chi connectivity index (χ0) is 14.5. The topological polar surface area (TPSA) is 17.0 Å². The van der Waals surface area contributed by atoms with Crippen molar-refractivity contribution in [3.8, 4) is 0 Å². The molecule has 0 bridgehead atoms. The van der Waals surface area contributed by atoms with E-state index in [9.17, 15) is 0 Å². The van der Waals surface area contributed by atoms with E-state index in [0.717, 1.165) is 19.6 Å². The van der Waals surface area contributed by atoms with Gasteiger partial charge in [0.1, 0.15) is 0 Å². The number of benzene rings is 1. The SMILES string of the molecule is CCCNCc1cccn1CC1CCCc2ccccc21. The fourth-order valence-electron chi connectivity index (χ4n) is 3.46. The fraction of sp³-hybridized carbons (Fsp3) is 0.474. The molecule has 0 saturated carbocycles. The van der Waals surface area contributed by atoms with E-state index in [1.54, 1.807) is 11.1 Å². The third-order valence-electron chi connectivity index (χ3n) is 4.57. The summed E-state index contributed by atoms with van der Waals surface area (Å²) in [5.74, 6) is 0.673. The van der Waals surface area contributed by atoms with Crippen molar-refractivity contribution in [3.63, 3.8) is 0 Å². The lowest BCUT2D eigenvalue weighted by atomic mass is 9.83. The third-order valence-corrected chi connectivity index (χ3v) is 4.57. The number of aryl methyl sites for hydroxylation is 1. The molecule has 0 radical (unpaired) electrons. The van der Waals surface area contributed by atoms with E-state index < -0.39 is 0 Å². The van der Waals surface area contributed by atoms with Gasteiger partial charge in [-0.3, -0.25) is 0 Å². The van der Waals surface area contributed by atoms with E-state index in [1.807, 2.05) is 0 Å². The molecule has 2 heteroatoms. The van der Waals surface area contributed by atoms with Crippen LogP contribution in [0.1, 0.15) is 48.9 Å². The van der Waals surface area contributed by atoms with Gasteiger partial charge in [-0.15, -0.1) is 0 Å². The largest absolute Gasteiger partial charge is 0.350 e. The lowest BCUT2D eigenvalue weighted by Gasteiger charge is -2.26. The number of hydrogen-bond acceptors (Lipinski definition) is 1. The molecule has 0 amide bonds. The van der Waals surface area contributed by atoms with E-state index >= 15 is 0 Å². The van der Waals surface area contributed by atoms with Gasteiger partial charge in [0.05, 0.1) is 0 Å². The second kappa shape index (κ2) is 6.95. The first-order valence-corrected chi connectivity index (χ1v) is 8.31. The maximum absolute atomic E-state index is 3.51. The highest BCUT2D eigenvalue weighted by atomic mass is 15.0. The lowest BCUT2D eigenvalue weighted by molar-refractivity contribution is 0.471. The number of nitrogens with one attached hydrogen (secondary N) is 1. The summed E-state index contributed by atoms with van der Waals surface area (Å²) < 4.78 is 2.44. The molecule has 1 aliphatic carbocycles. The summed E-state index contributed by atoms with van der Waals surface area (Å²) >= 11 is 0. The van der Waals surface area contributed by atoms with Crippen molar-refractivity contribution in [2.24, 2.45) is 0 Å². The summed E-state index contributed by atoms with van der Waals surface area (Å²) in [6.07, 6.45) is 7.32. The molecule has 2 aromatic rings. The Morgan fingerprint density at radius 1 is 1.19 bits per heavy atom. The molecule has 0 fully saturated rings. The Kier molecular flexibility index (Phi) is 4.76. The van der Waals surface area contributed by atoms with Gasteiger partial charge in [0.2, 0.25) is 0 Å². The highest BCUT2D eigenvalue weighted by molar-refractivity contribution is 5.32. The van der Waals surface area contributed by atoms with E-state index in [1.165, 1.54) is 31.4 Å². The van der Waals surface area contributed by atoms with Crippen molar-refractivity contribution >= 4 is 0 Å². The molecule has 1 heterocycles. The fourth-order valence-corrected chi connectivity index (χ4v) is 3.46. The van der Waals surface area contributed by atoms with Gasteiger partial charge in [-0.05, 0) is 55.5 Å². The highest BCUT2D eigenvalue weighted by Gasteiger charge is 2.20. The maximum atomic E-state index is 3.51. The minimum atomic E-state index is 0.673. The van der Waals surface area contributed by atoms with Crippen molar-refractivity contribution in [2.75, 3.05) is 6.54 Å². The molecule has 1 unspecified atom stereocenters. The molecule has 112 valence electrons. The standard InChI is InChI=1S/C19H26N2/c1-2-12-20-14-18-10-6-13-21(18)15-17-9-5-8-16-7-3-4-11-19(16)17/h3-4,6-7,10-11,13,17,20H,2,5,8-9,12,14-15H2,1H3. The molecule has 0 aliphatic heterocycles. The van der Waals surface area contributed by atoms with Crippen molar-refractivity contribution in [1.29, 1.82) is 0 Å². The quantitative estimate of drug-likeness (QED) is 0.789. The average molecular weight is 282 g/mol. The highest BCUT2D eigenvalue weighted by Crippen LogP contribution is 2.32. The Labute approximate surface area is 128 Å². The predicted molar refractivity (Wildman–Crippen MR) is 88.6 cm³/mol. The van der Waals surface area contributed by atoms with Crippen LogP contribution in [0.5, 0.6) is 0 Å². The zero-order valence-electron chi connectivity index (χ0n) is 13.0. The van der Waals surface area contributed by atoms with E-state index in [-0.39, 0.29) is 0 Å². The molecule has 1 atom stereocenters. The minimum absolute atomic E-state index is 0.673. The molecule has 1 aromatic carbocycles. The molecule has 1 aliphatic rings. The van der Waals surface area contributed by atoms with Crippen LogP contribution in [0.3, 0.4) is 0 Å². The van der Waals surface area contributed by atoms with Gasteiger partial charge in [0.25, 0.3) is 0 Å². The van der Waals surface area contributed by atoms with Crippen LogP contribution in [0.15, 0.2) is 42.6 Å². The van der Waals surface area contributed by atoms with Gasteiger partial charge in [-0.2, -0.15) is 0 Å². The first-order chi connectivity index (χ1) is 10.4. The Morgan fingerprint density at radius 3 is 3.00 bits per heavy atom. The van der Waals surface area contributed by atoms with Gasteiger partial charge >= 0.3 is 0 Å². The Balaban J connectivity index is 1.72. The number of fused-ring (bicyclic) bond motifs is 1. The summed E-state index contributed by atoms with van der Waals surface area (Å²) in [6.45, 7) is 5.41. The minimum Gasteiger partial charge on any atom is -0.350 e. The first kappa shape index (κ1) is 14.4. The van der Waals surface area contributed by atoms with Crippen LogP contribution >= 0.6 is 0 Å². The second-order valence-electron chi connectivity index (χ2n) is 6.12. The smallest absolute Gasteiger partial charge is 0.0359 e. The van der Waals surface area contributed by atoms with Crippen molar-refractivity contribution in [3.05, 3.63) is 59.4 Å². The van der Waals surface area contributed by atoms with Gasteiger partial charge in [-0.25, -0.2) is 0 Å². The predicted octanol–water partition coefficient (Wildman–Crippen LogP) is 4.11. The van der Waals surface area contributed by atoms with Crippen LogP contribution in [-0.4, -0.2) is 11.1 Å². The van der Waals surface area contributed by atoms with Crippen LogP contribution in [-0.2, 0) is 19.5 Å². The monoisotopic (exact) mass is 282 g/mol. The van der Waals surface area contributed by atoms with E-state index in [0.29, 0.717) is 5.92 Å². The molecule has 3 rings (SSSR count). The first-order valence-electron chi connectivity index (χ1n) is 8.31. The zero-order valence-corrected chi connectivity index (χ0v) is 13.0. The Morgan fingerprint density at radius 2 is 2.10 bits per heavy atom. The van der Waals surface area contributed by atoms with E-state index in [4.69, 9.17) is 0 Å². The van der Waals surface area contributed by atoms with Gasteiger partial charge in [0.15, 0.2) is 0 Å². The maximum Gasteiger partial charge on any atom is 0.0359 e. The van der Waals surface area contributed by atoms with Gasteiger partial charge < -0.3 is 9.88 Å². The van der Waals surface area contributed by atoms with Crippen LogP contribution in [0, 0.1) is 0 Å². The molecule has 1 N–H and O–H groups in total. The summed E-state index contributed by atoms with van der Waals surface area (Å²) in [4.78, 5) is 0. The molecule has 0 saturated heterocycles.